The van der Waals surface area contributed by atoms with E-state index in [0.29, 0.717) is 17.2 Å². The minimum Gasteiger partial charge on any atom is -0.497 e. The van der Waals surface area contributed by atoms with Gasteiger partial charge in [-0.3, -0.25) is 4.79 Å². The molecule has 0 heterocycles. The maximum Gasteiger partial charge on any atom is 0.278 e. The SMILES string of the molecule is COc1ccc(N(C(=O)COc2cccc(OC)c2)S(=O)(=O)c2ccccc2)cc1. The van der Waals surface area contributed by atoms with Crippen LogP contribution in [0.2, 0.25) is 0 Å². The van der Waals surface area contributed by atoms with Crippen molar-refractivity contribution in [1.29, 1.82) is 0 Å². The molecule has 0 fully saturated rings. The Labute approximate surface area is 175 Å². The Bertz CT molecular complexity index is 1100. The largest absolute Gasteiger partial charge is 0.497 e. The molecule has 0 aliphatic carbocycles. The van der Waals surface area contributed by atoms with Crippen LogP contribution in [0.3, 0.4) is 0 Å². The lowest BCUT2D eigenvalue weighted by molar-refractivity contribution is -0.119. The fourth-order valence-electron chi connectivity index (χ4n) is 2.73. The number of benzene rings is 3. The summed E-state index contributed by atoms with van der Waals surface area (Å²) < 4.78 is 43.0. The predicted octanol–water partition coefficient (Wildman–Crippen LogP) is 3.50. The van der Waals surface area contributed by atoms with Crippen LogP contribution in [-0.2, 0) is 14.8 Å². The third kappa shape index (κ3) is 4.72. The Balaban J connectivity index is 1.92. The fraction of sp³-hybridized carbons (Fsp3) is 0.136. The van der Waals surface area contributed by atoms with Crippen LogP contribution >= 0.6 is 0 Å². The average Bonchev–Trinajstić information content (AvgIpc) is 2.79. The lowest BCUT2D eigenvalue weighted by Crippen LogP contribution is -2.40. The number of hydrogen-bond acceptors (Lipinski definition) is 6. The summed E-state index contributed by atoms with van der Waals surface area (Å²) in [5.74, 6) is 0.737. The first kappa shape index (κ1) is 21.2. The molecule has 0 saturated carbocycles. The standard InChI is InChI=1S/C22H21NO6S/c1-27-18-13-11-17(12-14-18)23(30(25,26)21-9-4-3-5-10-21)22(24)16-29-20-8-6-7-19(15-20)28-2/h3-15H,16H2,1-2H3. The van der Waals surface area contributed by atoms with E-state index in [9.17, 15) is 13.2 Å². The molecular weight excluding hydrogens is 406 g/mol. The number of amides is 1. The van der Waals surface area contributed by atoms with Crippen molar-refractivity contribution in [1.82, 2.24) is 0 Å². The first-order chi connectivity index (χ1) is 14.5. The first-order valence-corrected chi connectivity index (χ1v) is 10.4. The van der Waals surface area contributed by atoms with Crippen molar-refractivity contribution in [2.75, 3.05) is 25.1 Å². The molecule has 0 aliphatic rings. The summed E-state index contributed by atoms with van der Waals surface area (Å²) in [6.45, 7) is -0.481. The van der Waals surface area contributed by atoms with Crippen LogP contribution in [0.25, 0.3) is 0 Å². The first-order valence-electron chi connectivity index (χ1n) is 9.00. The van der Waals surface area contributed by atoms with Crippen molar-refractivity contribution in [3.8, 4) is 17.2 Å². The second kappa shape index (κ2) is 9.32. The van der Waals surface area contributed by atoms with Crippen LogP contribution in [0, 0.1) is 0 Å². The molecule has 156 valence electrons. The quantitative estimate of drug-likeness (QED) is 0.547. The molecule has 7 nitrogen and oxygen atoms in total. The number of ether oxygens (including phenoxy) is 3. The molecule has 0 aromatic heterocycles. The van der Waals surface area contributed by atoms with Gasteiger partial charge in [-0.1, -0.05) is 24.3 Å². The molecule has 3 aromatic rings. The summed E-state index contributed by atoms with van der Waals surface area (Å²) in [4.78, 5) is 13.0. The minimum absolute atomic E-state index is 0.00412. The molecule has 8 heteroatoms. The van der Waals surface area contributed by atoms with E-state index < -0.39 is 22.5 Å². The number of methoxy groups -OCH3 is 2. The summed E-state index contributed by atoms with van der Waals surface area (Å²) in [7, 11) is -1.14. The Morgan fingerprint density at radius 3 is 2.07 bits per heavy atom. The Morgan fingerprint density at radius 2 is 1.43 bits per heavy atom. The zero-order valence-corrected chi connectivity index (χ0v) is 17.3. The monoisotopic (exact) mass is 427 g/mol. The van der Waals surface area contributed by atoms with E-state index in [2.05, 4.69) is 0 Å². The zero-order valence-electron chi connectivity index (χ0n) is 16.5. The highest BCUT2D eigenvalue weighted by Crippen LogP contribution is 2.26. The number of carbonyl (C=O) groups is 1. The third-order valence-electron chi connectivity index (χ3n) is 4.22. The predicted molar refractivity (Wildman–Crippen MR) is 113 cm³/mol. The Kier molecular flexibility index (Phi) is 6.58. The van der Waals surface area contributed by atoms with Crippen LogP contribution in [-0.4, -0.2) is 35.2 Å². The van der Waals surface area contributed by atoms with Gasteiger partial charge in [-0.15, -0.1) is 0 Å². The Morgan fingerprint density at radius 1 is 0.800 bits per heavy atom. The zero-order chi connectivity index (χ0) is 21.6. The highest BCUT2D eigenvalue weighted by atomic mass is 32.2. The van der Waals surface area contributed by atoms with Crippen molar-refractivity contribution >= 4 is 21.6 Å². The van der Waals surface area contributed by atoms with Gasteiger partial charge in [-0.05, 0) is 48.5 Å². The lowest BCUT2D eigenvalue weighted by atomic mass is 10.3. The maximum absolute atomic E-state index is 13.2. The van der Waals surface area contributed by atoms with Crippen molar-refractivity contribution in [3.63, 3.8) is 0 Å². The van der Waals surface area contributed by atoms with Gasteiger partial charge in [-0.2, -0.15) is 4.31 Å². The summed E-state index contributed by atoms with van der Waals surface area (Å²) in [6, 6.07) is 20.6. The van der Waals surface area contributed by atoms with Gasteiger partial charge in [0.1, 0.15) is 17.2 Å². The van der Waals surface area contributed by atoms with Crippen LogP contribution in [0.1, 0.15) is 0 Å². The van der Waals surface area contributed by atoms with Crippen LogP contribution in [0.15, 0.2) is 83.8 Å². The molecule has 0 saturated heterocycles. The molecule has 0 bridgehead atoms. The number of sulfonamides is 1. The number of rotatable bonds is 8. The van der Waals surface area contributed by atoms with E-state index in [1.807, 2.05) is 0 Å². The molecule has 30 heavy (non-hydrogen) atoms. The molecule has 3 rings (SSSR count). The van der Waals surface area contributed by atoms with Crippen molar-refractivity contribution in [3.05, 3.63) is 78.9 Å². The Hall–Kier alpha value is -3.52. The molecule has 0 aliphatic heterocycles. The third-order valence-corrected chi connectivity index (χ3v) is 5.98. The van der Waals surface area contributed by atoms with E-state index in [1.165, 1.54) is 38.5 Å². The summed E-state index contributed by atoms with van der Waals surface area (Å²) in [6.07, 6.45) is 0. The van der Waals surface area contributed by atoms with Gasteiger partial charge in [0, 0.05) is 6.07 Å². The molecule has 0 unspecified atom stereocenters. The number of carbonyl (C=O) groups excluding carboxylic acids is 1. The van der Waals surface area contributed by atoms with E-state index in [-0.39, 0.29) is 10.6 Å². The van der Waals surface area contributed by atoms with Gasteiger partial charge in [-0.25, -0.2) is 8.42 Å². The van der Waals surface area contributed by atoms with E-state index >= 15 is 0 Å². The van der Waals surface area contributed by atoms with Crippen LogP contribution in [0.5, 0.6) is 17.2 Å². The highest BCUT2D eigenvalue weighted by molar-refractivity contribution is 7.93. The minimum atomic E-state index is -4.15. The number of anilines is 1. The summed E-state index contributed by atoms with van der Waals surface area (Å²) >= 11 is 0. The summed E-state index contributed by atoms with van der Waals surface area (Å²) in [5, 5.41) is 0. The molecule has 0 atom stereocenters. The molecular formula is C22H21NO6S. The second-order valence-corrected chi connectivity index (χ2v) is 7.93. The van der Waals surface area contributed by atoms with Gasteiger partial charge >= 0.3 is 0 Å². The van der Waals surface area contributed by atoms with Gasteiger partial charge in [0.05, 0.1) is 24.8 Å². The van der Waals surface area contributed by atoms with Crippen molar-refractivity contribution in [2.24, 2.45) is 0 Å². The van der Waals surface area contributed by atoms with Gasteiger partial charge in [0.15, 0.2) is 6.61 Å². The average molecular weight is 427 g/mol. The summed E-state index contributed by atoms with van der Waals surface area (Å²) in [5.41, 5.74) is 0.180. The molecule has 0 N–H and O–H groups in total. The number of nitrogens with zero attached hydrogens (tertiary/aromatic N) is 1. The second-order valence-electron chi connectivity index (χ2n) is 6.14. The van der Waals surface area contributed by atoms with Crippen LogP contribution < -0.4 is 18.5 Å². The van der Waals surface area contributed by atoms with Crippen molar-refractivity contribution in [2.45, 2.75) is 4.90 Å². The number of hydrogen-bond donors (Lipinski definition) is 0. The molecule has 1 amide bonds. The fourth-order valence-corrected chi connectivity index (χ4v) is 4.16. The van der Waals surface area contributed by atoms with E-state index in [1.54, 1.807) is 54.6 Å². The van der Waals surface area contributed by atoms with Gasteiger partial charge in [0.2, 0.25) is 0 Å². The maximum atomic E-state index is 13.2. The van der Waals surface area contributed by atoms with Gasteiger partial charge < -0.3 is 14.2 Å². The lowest BCUT2D eigenvalue weighted by Gasteiger charge is -2.23. The molecule has 0 spiro atoms. The van der Waals surface area contributed by atoms with Crippen LogP contribution in [0.4, 0.5) is 5.69 Å². The van der Waals surface area contributed by atoms with E-state index in [4.69, 9.17) is 14.2 Å². The van der Waals surface area contributed by atoms with E-state index in [0.717, 1.165) is 4.31 Å². The molecule has 0 radical (unpaired) electrons. The van der Waals surface area contributed by atoms with Gasteiger partial charge in [0.25, 0.3) is 15.9 Å². The normalized spacial score (nSPS) is 10.9. The van der Waals surface area contributed by atoms with Crippen molar-refractivity contribution < 1.29 is 27.4 Å². The smallest absolute Gasteiger partial charge is 0.278 e. The highest BCUT2D eigenvalue weighted by Gasteiger charge is 2.31. The topological polar surface area (TPSA) is 82.1 Å². The molecule has 3 aromatic carbocycles.